The summed E-state index contributed by atoms with van der Waals surface area (Å²) in [5.41, 5.74) is 8.47. The van der Waals surface area contributed by atoms with Crippen LogP contribution in [0.2, 0.25) is 5.15 Å². The summed E-state index contributed by atoms with van der Waals surface area (Å²) in [6.07, 6.45) is 0. The topological polar surface area (TPSA) is 64.1 Å². The standard InChI is InChI=1S/C16H16ClN3O/c1-10(18)9-20-14-8-11(6-7-13(14)16(17)19-20)12-4-2-3-5-15(12)21/h2-8,10,21H,9,18H2,1H3. The maximum absolute atomic E-state index is 9.99. The fourth-order valence-electron chi connectivity index (χ4n) is 2.43. The van der Waals surface area contributed by atoms with Crippen molar-refractivity contribution in [1.29, 1.82) is 0 Å². The van der Waals surface area contributed by atoms with Gasteiger partial charge >= 0.3 is 0 Å². The Bertz CT molecular complexity index is 795. The number of benzene rings is 2. The molecule has 1 unspecified atom stereocenters. The fourth-order valence-corrected chi connectivity index (χ4v) is 2.68. The molecule has 0 radical (unpaired) electrons. The van der Waals surface area contributed by atoms with Crippen LogP contribution in [-0.4, -0.2) is 20.9 Å². The van der Waals surface area contributed by atoms with Crippen LogP contribution < -0.4 is 5.73 Å². The van der Waals surface area contributed by atoms with Gasteiger partial charge in [-0.2, -0.15) is 5.10 Å². The number of rotatable bonds is 3. The van der Waals surface area contributed by atoms with Crippen LogP contribution in [0.1, 0.15) is 6.92 Å². The summed E-state index contributed by atoms with van der Waals surface area (Å²) in [5.74, 6) is 0.251. The first-order valence-electron chi connectivity index (χ1n) is 6.76. The van der Waals surface area contributed by atoms with Crippen LogP contribution in [0.15, 0.2) is 42.5 Å². The molecule has 5 heteroatoms. The number of halogens is 1. The van der Waals surface area contributed by atoms with Gasteiger partial charge in [-0.25, -0.2) is 0 Å². The first-order chi connectivity index (χ1) is 10.1. The Morgan fingerprint density at radius 1 is 1.29 bits per heavy atom. The van der Waals surface area contributed by atoms with Gasteiger partial charge < -0.3 is 10.8 Å². The van der Waals surface area contributed by atoms with Crippen LogP contribution in [0, 0.1) is 0 Å². The molecule has 1 atom stereocenters. The van der Waals surface area contributed by atoms with E-state index in [1.54, 1.807) is 12.1 Å². The smallest absolute Gasteiger partial charge is 0.158 e. The second-order valence-corrected chi connectivity index (χ2v) is 5.56. The highest BCUT2D eigenvalue weighted by Gasteiger charge is 2.12. The second kappa shape index (κ2) is 5.39. The molecule has 21 heavy (non-hydrogen) atoms. The molecule has 0 saturated heterocycles. The molecule has 3 rings (SSSR count). The lowest BCUT2D eigenvalue weighted by Crippen LogP contribution is -2.22. The van der Waals surface area contributed by atoms with Crippen molar-refractivity contribution in [1.82, 2.24) is 9.78 Å². The Morgan fingerprint density at radius 2 is 2.05 bits per heavy atom. The summed E-state index contributed by atoms with van der Waals surface area (Å²) in [6.45, 7) is 2.52. The van der Waals surface area contributed by atoms with E-state index in [0.717, 1.165) is 22.0 Å². The molecule has 4 nitrogen and oxygen atoms in total. The van der Waals surface area contributed by atoms with Gasteiger partial charge in [-0.05, 0) is 30.7 Å². The SMILES string of the molecule is CC(N)Cn1nc(Cl)c2ccc(-c3ccccc3O)cc21. The van der Waals surface area contributed by atoms with Crippen molar-refractivity contribution in [3.63, 3.8) is 0 Å². The number of aromatic hydroxyl groups is 1. The van der Waals surface area contributed by atoms with Crippen LogP contribution in [0.3, 0.4) is 0 Å². The Kier molecular flexibility index (Phi) is 3.57. The number of nitrogens with zero attached hydrogens (tertiary/aromatic N) is 2. The van der Waals surface area contributed by atoms with Crippen molar-refractivity contribution < 1.29 is 5.11 Å². The molecular formula is C16H16ClN3O. The number of fused-ring (bicyclic) bond motifs is 1. The minimum Gasteiger partial charge on any atom is -0.507 e. The number of hydrogen-bond acceptors (Lipinski definition) is 3. The average molecular weight is 302 g/mol. The summed E-state index contributed by atoms with van der Waals surface area (Å²) in [6, 6.07) is 13.1. The second-order valence-electron chi connectivity index (χ2n) is 5.20. The van der Waals surface area contributed by atoms with Crippen LogP contribution in [0.4, 0.5) is 0 Å². The number of hydrogen-bond donors (Lipinski definition) is 2. The molecule has 3 N–H and O–H groups in total. The molecule has 108 valence electrons. The minimum atomic E-state index is -0.0158. The van der Waals surface area contributed by atoms with E-state index in [0.29, 0.717) is 11.7 Å². The van der Waals surface area contributed by atoms with Crippen LogP contribution in [-0.2, 0) is 6.54 Å². The maximum atomic E-state index is 9.99. The van der Waals surface area contributed by atoms with E-state index in [1.807, 2.05) is 41.9 Å². The lowest BCUT2D eigenvalue weighted by Gasteiger charge is -2.08. The molecular weight excluding hydrogens is 286 g/mol. The molecule has 1 aromatic heterocycles. The largest absolute Gasteiger partial charge is 0.507 e. The Labute approximate surface area is 127 Å². The Hall–Kier alpha value is -2.04. The third-order valence-corrected chi connectivity index (χ3v) is 3.66. The van der Waals surface area contributed by atoms with E-state index in [-0.39, 0.29) is 11.8 Å². The third kappa shape index (κ3) is 2.60. The van der Waals surface area contributed by atoms with Gasteiger partial charge in [0.05, 0.1) is 12.1 Å². The monoisotopic (exact) mass is 301 g/mol. The summed E-state index contributed by atoms with van der Waals surface area (Å²) >= 11 is 6.17. The molecule has 2 aromatic carbocycles. The van der Waals surface area contributed by atoms with Gasteiger partial charge in [0.25, 0.3) is 0 Å². The van der Waals surface area contributed by atoms with E-state index in [4.69, 9.17) is 17.3 Å². The number of aromatic nitrogens is 2. The molecule has 1 heterocycles. The molecule has 3 aromatic rings. The summed E-state index contributed by atoms with van der Waals surface area (Å²) < 4.78 is 1.81. The predicted octanol–water partition coefficient (Wildman–Crippen LogP) is 3.41. The van der Waals surface area contributed by atoms with E-state index in [2.05, 4.69) is 5.10 Å². The molecule has 0 aliphatic rings. The fraction of sp³-hybridized carbons (Fsp3) is 0.188. The van der Waals surface area contributed by atoms with E-state index >= 15 is 0 Å². The van der Waals surface area contributed by atoms with Crippen molar-refractivity contribution in [3.05, 3.63) is 47.6 Å². The highest BCUT2D eigenvalue weighted by atomic mass is 35.5. The molecule has 0 aliphatic heterocycles. The number of phenols is 1. The predicted molar refractivity (Wildman–Crippen MR) is 85.5 cm³/mol. The minimum absolute atomic E-state index is 0.0158. The van der Waals surface area contributed by atoms with Gasteiger partial charge in [-0.1, -0.05) is 35.9 Å². The third-order valence-electron chi connectivity index (χ3n) is 3.38. The number of nitrogens with two attached hydrogens (primary N) is 1. The number of phenolic OH excluding ortho intramolecular Hbond substituents is 1. The lowest BCUT2D eigenvalue weighted by molar-refractivity contribution is 0.477. The lowest BCUT2D eigenvalue weighted by atomic mass is 10.0. The zero-order valence-corrected chi connectivity index (χ0v) is 12.4. The van der Waals surface area contributed by atoms with Gasteiger partial charge in [0.2, 0.25) is 0 Å². The Balaban J connectivity index is 2.17. The summed E-state index contributed by atoms with van der Waals surface area (Å²) in [5, 5.41) is 15.7. The van der Waals surface area contributed by atoms with E-state index in [1.165, 1.54) is 0 Å². The number of para-hydroxylation sites is 1. The van der Waals surface area contributed by atoms with Crippen molar-refractivity contribution in [3.8, 4) is 16.9 Å². The van der Waals surface area contributed by atoms with Crippen molar-refractivity contribution >= 4 is 22.5 Å². The zero-order chi connectivity index (χ0) is 15.0. The summed E-state index contributed by atoms with van der Waals surface area (Å²) in [7, 11) is 0. The molecule has 0 spiro atoms. The normalized spacial score (nSPS) is 12.7. The van der Waals surface area contributed by atoms with Crippen molar-refractivity contribution in [2.24, 2.45) is 5.73 Å². The quantitative estimate of drug-likeness (QED) is 0.779. The van der Waals surface area contributed by atoms with Gasteiger partial charge in [0.1, 0.15) is 5.75 Å². The zero-order valence-electron chi connectivity index (χ0n) is 11.6. The van der Waals surface area contributed by atoms with Crippen molar-refractivity contribution in [2.75, 3.05) is 0 Å². The van der Waals surface area contributed by atoms with Crippen LogP contribution >= 0.6 is 11.6 Å². The maximum Gasteiger partial charge on any atom is 0.158 e. The Morgan fingerprint density at radius 3 is 2.76 bits per heavy atom. The molecule has 0 bridgehead atoms. The molecule has 0 aliphatic carbocycles. The highest BCUT2D eigenvalue weighted by molar-refractivity contribution is 6.34. The summed E-state index contributed by atoms with van der Waals surface area (Å²) in [4.78, 5) is 0. The van der Waals surface area contributed by atoms with Crippen LogP contribution in [0.25, 0.3) is 22.0 Å². The van der Waals surface area contributed by atoms with Crippen molar-refractivity contribution in [2.45, 2.75) is 19.5 Å². The molecule has 0 saturated carbocycles. The van der Waals surface area contributed by atoms with Gasteiger partial charge in [0, 0.05) is 17.0 Å². The molecule has 0 amide bonds. The first kappa shape index (κ1) is 13.9. The van der Waals surface area contributed by atoms with Gasteiger partial charge in [-0.15, -0.1) is 0 Å². The van der Waals surface area contributed by atoms with E-state index in [9.17, 15) is 5.11 Å². The van der Waals surface area contributed by atoms with Gasteiger partial charge in [0.15, 0.2) is 5.15 Å². The average Bonchev–Trinajstić information content (AvgIpc) is 2.75. The first-order valence-corrected chi connectivity index (χ1v) is 7.14. The van der Waals surface area contributed by atoms with E-state index < -0.39 is 0 Å². The highest BCUT2D eigenvalue weighted by Crippen LogP contribution is 2.32. The molecule has 0 fully saturated rings. The van der Waals surface area contributed by atoms with Gasteiger partial charge in [-0.3, -0.25) is 4.68 Å². The van der Waals surface area contributed by atoms with Crippen LogP contribution in [0.5, 0.6) is 5.75 Å².